The number of amides is 4. The van der Waals surface area contributed by atoms with Gasteiger partial charge in [-0.1, -0.05) is 52.7 Å². The van der Waals surface area contributed by atoms with Crippen molar-refractivity contribution >= 4 is 51.5 Å². The molecule has 0 bridgehead atoms. The lowest BCUT2D eigenvalue weighted by molar-refractivity contribution is -0.130. The first kappa shape index (κ1) is 30.9. The van der Waals surface area contributed by atoms with Gasteiger partial charge in [0.1, 0.15) is 12.2 Å². The molecular weight excluding hydrogens is 628 g/mol. The van der Waals surface area contributed by atoms with E-state index in [1.807, 2.05) is 38.1 Å². The lowest BCUT2D eigenvalue weighted by Gasteiger charge is -2.26. The summed E-state index contributed by atoms with van der Waals surface area (Å²) in [5.41, 5.74) is 1.73. The maximum absolute atomic E-state index is 13.4. The molecule has 1 N–H and O–H groups in total. The molecule has 3 aromatic rings. The largest absolute Gasteiger partial charge is 0.493 e. The van der Waals surface area contributed by atoms with Gasteiger partial charge in [-0.25, -0.2) is 4.79 Å². The standard InChI is InChI=1S/C31H30BrClN2O7/c1-4-12-41-25-11-8-20(15-26(25)40-5-2)17-35-30(37)23(29(36)34-31(35)38)13-21-14-24(33)28(27(16-21)39-3)42-18-19-6-9-22(32)10-7-19/h6-11,13-16H,4-5,12,17-18H2,1-3H3,(H,34,36,38)/b23-13+. The molecule has 0 aliphatic carbocycles. The van der Waals surface area contributed by atoms with E-state index in [0.29, 0.717) is 47.3 Å². The minimum absolute atomic E-state index is 0.0870. The Labute approximate surface area is 257 Å². The van der Waals surface area contributed by atoms with Crippen molar-refractivity contribution in [3.05, 3.63) is 86.4 Å². The van der Waals surface area contributed by atoms with Gasteiger partial charge >= 0.3 is 6.03 Å². The van der Waals surface area contributed by atoms with Gasteiger partial charge in [-0.2, -0.15) is 0 Å². The fraction of sp³-hybridized carbons (Fsp3) is 0.258. The number of methoxy groups -OCH3 is 1. The molecule has 1 fully saturated rings. The summed E-state index contributed by atoms with van der Waals surface area (Å²) in [6.07, 6.45) is 2.19. The van der Waals surface area contributed by atoms with E-state index in [-0.39, 0.29) is 23.7 Å². The number of ether oxygens (including phenoxy) is 4. The molecule has 1 aliphatic rings. The predicted molar refractivity (Wildman–Crippen MR) is 162 cm³/mol. The van der Waals surface area contributed by atoms with E-state index in [2.05, 4.69) is 21.2 Å². The van der Waals surface area contributed by atoms with Crippen molar-refractivity contribution in [1.82, 2.24) is 10.2 Å². The topological polar surface area (TPSA) is 103 Å². The monoisotopic (exact) mass is 656 g/mol. The Kier molecular flexibility index (Phi) is 10.5. The molecule has 4 amide bonds. The van der Waals surface area contributed by atoms with E-state index in [1.165, 1.54) is 13.2 Å². The first-order chi connectivity index (χ1) is 20.2. The van der Waals surface area contributed by atoms with Crippen LogP contribution in [-0.2, 0) is 22.7 Å². The summed E-state index contributed by atoms with van der Waals surface area (Å²) in [6.45, 7) is 4.95. The van der Waals surface area contributed by atoms with Crippen molar-refractivity contribution in [3.63, 3.8) is 0 Å². The predicted octanol–water partition coefficient (Wildman–Crippen LogP) is 6.54. The van der Waals surface area contributed by atoms with Gasteiger partial charge in [-0.05, 0) is 72.5 Å². The van der Waals surface area contributed by atoms with E-state index in [0.717, 1.165) is 21.4 Å². The number of benzene rings is 3. The highest BCUT2D eigenvalue weighted by molar-refractivity contribution is 9.10. The number of imide groups is 2. The second-order valence-electron chi connectivity index (χ2n) is 9.22. The molecular formula is C31H30BrClN2O7. The second-order valence-corrected chi connectivity index (χ2v) is 10.5. The maximum atomic E-state index is 13.4. The Morgan fingerprint density at radius 1 is 0.905 bits per heavy atom. The molecule has 1 saturated heterocycles. The molecule has 0 saturated carbocycles. The summed E-state index contributed by atoms with van der Waals surface area (Å²) in [5.74, 6) is 0.143. The van der Waals surface area contributed by atoms with Crippen molar-refractivity contribution in [2.75, 3.05) is 20.3 Å². The fourth-order valence-corrected chi connectivity index (χ4v) is 4.67. The molecule has 42 heavy (non-hydrogen) atoms. The number of carbonyl (C=O) groups excluding carboxylic acids is 3. The molecule has 0 spiro atoms. The number of barbiturate groups is 1. The Bertz CT molecular complexity index is 1510. The molecule has 0 unspecified atom stereocenters. The summed E-state index contributed by atoms with van der Waals surface area (Å²) in [6, 6.07) is 15.2. The number of nitrogens with one attached hydrogen (secondary N) is 1. The second kappa shape index (κ2) is 14.2. The van der Waals surface area contributed by atoms with Crippen LogP contribution in [0.4, 0.5) is 4.79 Å². The number of hydrogen-bond acceptors (Lipinski definition) is 7. The normalized spacial score (nSPS) is 14.2. The third-order valence-electron chi connectivity index (χ3n) is 6.16. The minimum atomic E-state index is -0.821. The molecule has 11 heteroatoms. The molecule has 1 aliphatic heterocycles. The van der Waals surface area contributed by atoms with Crippen molar-refractivity contribution in [3.8, 4) is 23.0 Å². The zero-order valence-electron chi connectivity index (χ0n) is 23.4. The number of nitrogens with zero attached hydrogens (tertiary/aromatic N) is 1. The number of rotatable bonds is 12. The molecule has 9 nitrogen and oxygen atoms in total. The molecule has 220 valence electrons. The average Bonchev–Trinajstić information content (AvgIpc) is 2.97. The van der Waals surface area contributed by atoms with E-state index < -0.39 is 17.8 Å². The summed E-state index contributed by atoms with van der Waals surface area (Å²) in [5, 5.41) is 2.46. The number of hydrogen-bond donors (Lipinski definition) is 1. The van der Waals surface area contributed by atoms with Crippen LogP contribution in [-0.4, -0.2) is 43.1 Å². The van der Waals surface area contributed by atoms with Crippen LogP contribution in [0.3, 0.4) is 0 Å². The van der Waals surface area contributed by atoms with Gasteiger partial charge in [0.15, 0.2) is 23.0 Å². The van der Waals surface area contributed by atoms with Crippen LogP contribution in [0.1, 0.15) is 37.0 Å². The lowest BCUT2D eigenvalue weighted by Crippen LogP contribution is -2.53. The molecule has 0 atom stereocenters. The van der Waals surface area contributed by atoms with Crippen LogP contribution >= 0.6 is 27.5 Å². The Hall–Kier alpha value is -4.02. The first-order valence-corrected chi connectivity index (χ1v) is 14.4. The average molecular weight is 658 g/mol. The van der Waals surface area contributed by atoms with Gasteiger partial charge in [0.05, 0.1) is 31.9 Å². The van der Waals surface area contributed by atoms with Crippen molar-refractivity contribution < 1.29 is 33.3 Å². The zero-order valence-corrected chi connectivity index (χ0v) is 25.7. The Morgan fingerprint density at radius 2 is 1.64 bits per heavy atom. The molecule has 4 rings (SSSR count). The smallest absolute Gasteiger partial charge is 0.331 e. The van der Waals surface area contributed by atoms with Crippen LogP contribution in [0, 0.1) is 0 Å². The van der Waals surface area contributed by atoms with Crippen LogP contribution < -0.4 is 24.3 Å². The summed E-state index contributed by atoms with van der Waals surface area (Å²) < 4.78 is 23.8. The summed E-state index contributed by atoms with van der Waals surface area (Å²) in [7, 11) is 1.46. The number of carbonyl (C=O) groups is 3. The highest BCUT2D eigenvalue weighted by Crippen LogP contribution is 2.38. The lowest BCUT2D eigenvalue weighted by atomic mass is 10.1. The van der Waals surface area contributed by atoms with E-state index in [1.54, 1.807) is 30.3 Å². The van der Waals surface area contributed by atoms with E-state index in [9.17, 15) is 14.4 Å². The van der Waals surface area contributed by atoms with Gasteiger partial charge < -0.3 is 18.9 Å². The van der Waals surface area contributed by atoms with Gasteiger partial charge in [0.2, 0.25) is 0 Å². The quantitative estimate of drug-likeness (QED) is 0.174. The minimum Gasteiger partial charge on any atom is -0.493 e. The molecule has 0 radical (unpaired) electrons. The third-order valence-corrected chi connectivity index (χ3v) is 6.96. The van der Waals surface area contributed by atoms with Gasteiger partial charge in [-0.3, -0.25) is 19.8 Å². The van der Waals surface area contributed by atoms with Crippen LogP contribution in [0.2, 0.25) is 5.02 Å². The molecule has 0 aromatic heterocycles. The zero-order chi connectivity index (χ0) is 30.2. The van der Waals surface area contributed by atoms with Gasteiger partial charge in [-0.15, -0.1) is 0 Å². The van der Waals surface area contributed by atoms with Crippen molar-refractivity contribution in [2.45, 2.75) is 33.4 Å². The van der Waals surface area contributed by atoms with Crippen LogP contribution in [0.15, 0.2) is 64.6 Å². The number of halogens is 2. The highest BCUT2D eigenvalue weighted by atomic mass is 79.9. The SMILES string of the molecule is CCCOc1ccc(CN2C(=O)NC(=O)/C(=C\c3cc(Cl)c(OCc4ccc(Br)cc4)c(OC)c3)C2=O)cc1OCC. The molecule has 3 aromatic carbocycles. The van der Waals surface area contributed by atoms with Crippen molar-refractivity contribution in [2.24, 2.45) is 0 Å². The summed E-state index contributed by atoms with van der Waals surface area (Å²) >= 11 is 9.93. The first-order valence-electron chi connectivity index (χ1n) is 13.3. The number of urea groups is 1. The Morgan fingerprint density at radius 3 is 2.33 bits per heavy atom. The van der Waals surface area contributed by atoms with Crippen molar-refractivity contribution in [1.29, 1.82) is 0 Å². The summed E-state index contributed by atoms with van der Waals surface area (Å²) in [4.78, 5) is 39.7. The van der Waals surface area contributed by atoms with Crippen LogP contribution in [0.5, 0.6) is 23.0 Å². The van der Waals surface area contributed by atoms with Gasteiger partial charge in [0.25, 0.3) is 11.8 Å². The highest BCUT2D eigenvalue weighted by Gasteiger charge is 2.36. The molecule has 1 heterocycles. The van der Waals surface area contributed by atoms with Crippen LogP contribution in [0.25, 0.3) is 6.08 Å². The third kappa shape index (κ3) is 7.43. The van der Waals surface area contributed by atoms with E-state index in [4.69, 9.17) is 30.5 Å². The maximum Gasteiger partial charge on any atom is 0.331 e. The fourth-order valence-electron chi connectivity index (χ4n) is 4.14. The van der Waals surface area contributed by atoms with E-state index >= 15 is 0 Å². The Balaban J connectivity index is 1.57. The van der Waals surface area contributed by atoms with Gasteiger partial charge in [0, 0.05) is 4.47 Å².